The smallest absolute Gasteiger partial charge is 0.0860 e. The van der Waals surface area contributed by atoms with Crippen molar-refractivity contribution in [3.8, 4) is 0 Å². The van der Waals surface area contributed by atoms with Crippen LogP contribution < -0.4 is 5.32 Å². The Hall–Kier alpha value is -0.540. The van der Waals surface area contributed by atoms with Gasteiger partial charge in [-0.1, -0.05) is 25.4 Å². The molecule has 4 heteroatoms. The summed E-state index contributed by atoms with van der Waals surface area (Å²) in [5.74, 6) is 0.714. The van der Waals surface area contributed by atoms with Gasteiger partial charge in [-0.15, -0.1) is 0 Å². The molecule has 1 aromatic rings. The normalized spacial score (nSPS) is 13.4. The third kappa shape index (κ3) is 3.49. The van der Waals surface area contributed by atoms with E-state index in [2.05, 4.69) is 31.2 Å². The van der Waals surface area contributed by atoms with Gasteiger partial charge in [0.1, 0.15) is 0 Å². The summed E-state index contributed by atoms with van der Waals surface area (Å²) in [6.45, 7) is 9.39. The number of halogens is 1. The topological polar surface area (TPSA) is 29.9 Å². The summed E-state index contributed by atoms with van der Waals surface area (Å²) in [4.78, 5) is 0. The van der Waals surface area contributed by atoms with Crippen molar-refractivity contribution in [3.05, 3.63) is 16.4 Å². The lowest BCUT2D eigenvalue weighted by molar-refractivity contribution is 0.435. The zero-order valence-electron chi connectivity index (χ0n) is 10.8. The van der Waals surface area contributed by atoms with Crippen LogP contribution >= 0.6 is 11.6 Å². The molecule has 0 amide bonds. The molecule has 0 bridgehead atoms. The number of aryl methyl sites for hydroxylation is 2. The fourth-order valence-electron chi connectivity index (χ4n) is 1.93. The van der Waals surface area contributed by atoms with Crippen molar-refractivity contribution in [1.29, 1.82) is 0 Å². The van der Waals surface area contributed by atoms with E-state index in [0.717, 1.165) is 23.0 Å². The first kappa shape index (κ1) is 13.5. The van der Waals surface area contributed by atoms with Crippen LogP contribution in [0.25, 0.3) is 0 Å². The minimum absolute atomic E-state index is 0.506. The van der Waals surface area contributed by atoms with E-state index in [-0.39, 0.29) is 0 Å². The highest BCUT2D eigenvalue weighted by Crippen LogP contribution is 2.19. The highest BCUT2D eigenvalue weighted by Gasteiger charge is 2.12. The lowest BCUT2D eigenvalue weighted by Gasteiger charge is -2.16. The first-order valence-electron chi connectivity index (χ1n) is 5.83. The monoisotopic (exact) mass is 243 g/mol. The third-order valence-electron chi connectivity index (χ3n) is 2.70. The Bertz CT molecular complexity index is 344. The molecule has 3 nitrogen and oxygen atoms in total. The van der Waals surface area contributed by atoms with Gasteiger partial charge in [-0.3, -0.25) is 4.68 Å². The van der Waals surface area contributed by atoms with Gasteiger partial charge in [0, 0.05) is 19.6 Å². The lowest BCUT2D eigenvalue weighted by atomic mass is 10.1. The van der Waals surface area contributed by atoms with Crippen molar-refractivity contribution in [2.75, 3.05) is 0 Å². The number of hydrogen-bond acceptors (Lipinski definition) is 2. The molecule has 0 aliphatic heterocycles. The Labute approximate surface area is 103 Å². The van der Waals surface area contributed by atoms with Crippen LogP contribution in [0, 0.1) is 12.8 Å². The van der Waals surface area contributed by atoms with Crippen LogP contribution in [0.3, 0.4) is 0 Å². The maximum absolute atomic E-state index is 6.18. The van der Waals surface area contributed by atoms with Crippen molar-refractivity contribution in [2.24, 2.45) is 13.0 Å². The van der Waals surface area contributed by atoms with E-state index in [1.165, 1.54) is 6.42 Å². The average Bonchev–Trinajstić information content (AvgIpc) is 2.38. The molecule has 1 N–H and O–H groups in total. The minimum Gasteiger partial charge on any atom is -0.309 e. The summed E-state index contributed by atoms with van der Waals surface area (Å²) in [5, 5.41) is 8.56. The van der Waals surface area contributed by atoms with E-state index in [1.807, 2.05) is 18.7 Å². The summed E-state index contributed by atoms with van der Waals surface area (Å²) in [6.07, 6.45) is 1.18. The van der Waals surface area contributed by atoms with E-state index in [4.69, 9.17) is 11.6 Å². The van der Waals surface area contributed by atoms with Gasteiger partial charge in [0.05, 0.1) is 16.4 Å². The number of aromatic nitrogens is 2. The van der Waals surface area contributed by atoms with Crippen LogP contribution in [0.2, 0.25) is 5.02 Å². The molecule has 0 spiro atoms. The van der Waals surface area contributed by atoms with Crippen LogP contribution in [0.4, 0.5) is 0 Å². The van der Waals surface area contributed by atoms with Crippen molar-refractivity contribution in [1.82, 2.24) is 15.1 Å². The van der Waals surface area contributed by atoms with E-state index in [1.54, 1.807) is 0 Å². The van der Waals surface area contributed by atoms with Crippen molar-refractivity contribution >= 4 is 11.6 Å². The first-order chi connectivity index (χ1) is 7.41. The molecule has 1 aromatic heterocycles. The SMILES string of the molecule is Cc1nn(C)c(CNC(C)CC(C)C)c1Cl. The summed E-state index contributed by atoms with van der Waals surface area (Å²) in [7, 11) is 1.93. The van der Waals surface area contributed by atoms with Crippen LogP contribution in [0.15, 0.2) is 0 Å². The molecule has 0 aliphatic carbocycles. The third-order valence-corrected chi connectivity index (χ3v) is 3.20. The maximum Gasteiger partial charge on any atom is 0.0860 e. The van der Waals surface area contributed by atoms with Crippen LogP contribution in [0.5, 0.6) is 0 Å². The molecule has 1 atom stereocenters. The second-order valence-corrected chi connectivity index (χ2v) is 5.26. The molecule has 0 saturated carbocycles. The first-order valence-corrected chi connectivity index (χ1v) is 6.21. The Morgan fingerprint density at radius 2 is 2.00 bits per heavy atom. The van der Waals surface area contributed by atoms with Gasteiger partial charge < -0.3 is 5.32 Å². The molecule has 1 heterocycles. The van der Waals surface area contributed by atoms with Crippen molar-refractivity contribution in [3.63, 3.8) is 0 Å². The average molecular weight is 244 g/mol. The molecule has 0 radical (unpaired) electrons. The largest absolute Gasteiger partial charge is 0.309 e. The van der Waals surface area contributed by atoms with E-state index < -0.39 is 0 Å². The Kier molecular flexibility index (Phi) is 4.81. The fraction of sp³-hybridized carbons (Fsp3) is 0.750. The van der Waals surface area contributed by atoms with Gasteiger partial charge in [-0.05, 0) is 26.2 Å². The molecule has 0 aromatic carbocycles. The highest BCUT2D eigenvalue weighted by molar-refractivity contribution is 6.31. The molecule has 16 heavy (non-hydrogen) atoms. The van der Waals surface area contributed by atoms with Crippen LogP contribution in [-0.4, -0.2) is 15.8 Å². The Balaban J connectivity index is 2.54. The molecular weight excluding hydrogens is 222 g/mol. The van der Waals surface area contributed by atoms with E-state index in [0.29, 0.717) is 12.0 Å². The Morgan fingerprint density at radius 1 is 1.38 bits per heavy atom. The van der Waals surface area contributed by atoms with E-state index in [9.17, 15) is 0 Å². The summed E-state index contributed by atoms with van der Waals surface area (Å²) < 4.78 is 1.85. The van der Waals surface area contributed by atoms with E-state index >= 15 is 0 Å². The molecule has 0 saturated heterocycles. The zero-order valence-corrected chi connectivity index (χ0v) is 11.6. The molecule has 92 valence electrons. The maximum atomic E-state index is 6.18. The summed E-state index contributed by atoms with van der Waals surface area (Å²) >= 11 is 6.18. The van der Waals surface area contributed by atoms with Crippen LogP contribution in [0.1, 0.15) is 38.6 Å². The molecule has 0 fully saturated rings. The molecule has 1 unspecified atom stereocenters. The summed E-state index contributed by atoms with van der Waals surface area (Å²) in [6, 6.07) is 0.506. The summed E-state index contributed by atoms with van der Waals surface area (Å²) in [5.41, 5.74) is 1.97. The second kappa shape index (κ2) is 5.69. The molecular formula is C12H22ClN3. The minimum atomic E-state index is 0.506. The fourth-order valence-corrected chi connectivity index (χ4v) is 2.16. The predicted octanol–water partition coefficient (Wildman–Crippen LogP) is 2.91. The zero-order chi connectivity index (χ0) is 12.3. The number of rotatable bonds is 5. The van der Waals surface area contributed by atoms with Crippen molar-refractivity contribution in [2.45, 2.75) is 46.7 Å². The molecule has 1 rings (SSSR count). The predicted molar refractivity (Wildman–Crippen MR) is 68.7 cm³/mol. The number of nitrogens with one attached hydrogen (secondary N) is 1. The second-order valence-electron chi connectivity index (χ2n) is 4.88. The Morgan fingerprint density at radius 3 is 2.44 bits per heavy atom. The lowest BCUT2D eigenvalue weighted by Crippen LogP contribution is -2.27. The highest BCUT2D eigenvalue weighted by atomic mass is 35.5. The van der Waals surface area contributed by atoms with Gasteiger partial charge in [0.25, 0.3) is 0 Å². The van der Waals surface area contributed by atoms with Gasteiger partial charge >= 0.3 is 0 Å². The van der Waals surface area contributed by atoms with Crippen molar-refractivity contribution < 1.29 is 0 Å². The number of nitrogens with zero attached hydrogens (tertiary/aromatic N) is 2. The van der Waals surface area contributed by atoms with Gasteiger partial charge in [-0.2, -0.15) is 5.10 Å². The molecule has 0 aliphatic rings. The van der Waals surface area contributed by atoms with Gasteiger partial charge in [0.15, 0.2) is 0 Å². The van der Waals surface area contributed by atoms with Gasteiger partial charge in [0.2, 0.25) is 0 Å². The van der Waals surface area contributed by atoms with Gasteiger partial charge in [-0.25, -0.2) is 0 Å². The standard InChI is InChI=1S/C12H22ClN3/c1-8(2)6-9(3)14-7-11-12(13)10(4)15-16(11)5/h8-9,14H,6-7H2,1-5H3. The number of hydrogen-bond donors (Lipinski definition) is 1. The quantitative estimate of drug-likeness (QED) is 0.862. The van der Waals surface area contributed by atoms with Crippen LogP contribution in [-0.2, 0) is 13.6 Å².